The molecule has 142 valence electrons. The van der Waals surface area contributed by atoms with Gasteiger partial charge in [-0.2, -0.15) is 0 Å². The highest BCUT2D eigenvalue weighted by Crippen LogP contribution is 2.17. The van der Waals surface area contributed by atoms with Crippen LogP contribution in [0.4, 0.5) is 8.78 Å². The van der Waals surface area contributed by atoms with Crippen LogP contribution in [-0.4, -0.2) is 43.6 Å². The zero-order valence-electron chi connectivity index (χ0n) is 15.2. The van der Waals surface area contributed by atoms with Crippen molar-refractivity contribution in [2.24, 2.45) is 10.9 Å². The average molecular weight is 466 g/mol. The van der Waals surface area contributed by atoms with Crippen molar-refractivity contribution in [3.05, 3.63) is 35.4 Å². The first-order chi connectivity index (χ1) is 11.5. The molecule has 1 atom stereocenters. The summed E-state index contributed by atoms with van der Waals surface area (Å²) in [7, 11) is 1.67. The molecule has 0 amide bonds. The van der Waals surface area contributed by atoms with Crippen LogP contribution in [0.1, 0.15) is 32.3 Å². The summed E-state index contributed by atoms with van der Waals surface area (Å²) >= 11 is 0. The molecule has 0 spiro atoms. The molecule has 1 saturated heterocycles. The second-order valence-corrected chi connectivity index (χ2v) is 6.61. The van der Waals surface area contributed by atoms with E-state index in [1.165, 1.54) is 18.9 Å². The predicted molar refractivity (Wildman–Crippen MR) is 109 cm³/mol. The summed E-state index contributed by atoms with van der Waals surface area (Å²) in [6, 6.07) is 3.87. The van der Waals surface area contributed by atoms with Gasteiger partial charge in [-0.15, -0.1) is 24.0 Å². The summed E-state index contributed by atoms with van der Waals surface area (Å²) in [5, 5.41) is 6.30. The summed E-state index contributed by atoms with van der Waals surface area (Å²) in [5.41, 5.74) is 0.288. The summed E-state index contributed by atoms with van der Waals surface area (Å²) in [4.78, 5) is 6.62. The molecule has 25 heavy (non-hydrogen) atoms. The minimum atomic E-state index is -0.441. The third-order valence-corrected chi connectivity index (χ3v) is 4.68. The Bertz CT molecular complexity index is 560. The van der Waals surface area contributed by atoms with E-state index >= 15 is 0 Å². The van der Waals surface area contributed by atoms with Crippen molar-refractivity contribution in [2.75, 3.05) is 26.7 Å². The first-order valence-corrected chi connectivity index (χ1v) is 8.62. The number of benzene rings is 1. The summed E-state index contributed by atoms with van der Waals surface area (Å²) < 4.78 is 26.8. The van der Waals surface area contributed by atoms with Gasteiger partial charge in [-0.25, -0.2) is 8.78 Å². The van der Waals surface area contributed by atoms with Crippen LogP contribution in [0.2, 0.25) is 0 Å². The summed E-state index contributed by atoms with van der Waals surface area (Å²) in [6.07, 6.45) is 2.49. The molecule has 1 unspecified atom stereocenters. The zero-order valence-corrected chi connectivity index (χ0v) is 17.5. The van der Waals surface area contributed by atoms with E-state index in [4.69, 9.17) is 0 Å². The Balaban J connectivity index is 0.00000312. The molecule has 1 aromatic rings. The Hall–Kier alpha value is -0.960. The predicted octanol–water partition coefficient (Wildman–Crippen LogP) is 3.37. The van der Waals surface area contributed by atoms with E-state index in [1.807, 2.05) is 0 Å². The maximum absolute atomic E-state index is 13.6. The average Bonchev–Trinajstić information content (AvgIpc) is 2.58. The highest BCUT2D eigenvalue weighted by atomic mass is 127. The molecule has 0 bridgehead atoms. The van der Waals surface area contributed by atoms with Gasteiger partial charge in [0.25, 0.3) is 0 Å². The van der Waals surface area contributed by atoms with Crippen LogP contribution in [-0.2, 0) is 6.54 Å². The molecule has 1 aliphatic rings. The highest BCUT2D eigenvalue weighted by molar-refractivity contribution is 14.0. The van der Waals surface area contributed by atoms with Crippen molar-refractivity contribution in [1.82, 2.24) is 15.5 Å². The van der Waals surface area contributed by atoms with E-state index in [0.29, 0.717) is 12.0 Å². The molecule has 2 rings (SSSR count). The standard InChI is InChI=1S/C18H28F2N4.HI/c1-13-6-8-24(9-7-13)14(2)11-22-18(21-3)23-12-15-10-16(19)4-5-17(15)20;/h4-5,10,13-14H,6-9,11-12H2,1-3H3,(H2,21,22,23);1H. The molecule has 1 heterocycles. The monoisotopic (exact) mass is 466 g/mol. The van der Waals surface area contributed by atoms with Gasteiger partial charge in [0.2, 0.25) is 0 Å². The van der Waals surface area contributed by atoms with Crippen LogP contribution < -0.4 is 10.6 Å². The Kier molecular flexibility index (Phi) is 9.63. The Labute approximate surface area is 166 Å². The fourth-order valence-corrected chi connectivity index (χ4v) is 2.92. The molecule has 0 aromatic heterocycles. The van der Waals surface area contributed by atoms with Crippen molar-refractivity contribution in [3.63, 3.8) is 0 Å². The van der Waals surface area contributed by atoms with E-state index in [0.717, 1.165) is 37.7 Å². The second-order valence-electron chi connectivity index (χ2n) is 6.61. The lowest BCUT2D eigenvalue weighted by Crippen LogP contribution is -2.48. The molecular formula is C18H29F2IN4. The topological polar surface area (TPSA) is 39.7 Å². The third kappa shape index (κ3) is 7.05. The maximum atomic E-state index is 13.6. The molecule has 2 N–H and O–H groups in total. The number of nitrogens with zero attached hydrogens (tertiary/aromatic N) is 2. The Morgan fingerprint density at radius 1 is 1.28 bits per heavy atom. The fourth-order valence-electron chi connectivity index (χ4n) is 2.92. The maximum Gasteiger partial charge on any atom is 0.191 e. The lowest BCUT2D eigenvalue weighted by molar-refractivity contribution is 0.147. The molecule has 1 aromatic carbocycles. The van der Waals surface area contributed by atoms with Gasteiger partial charge in [-0.3, -0.25) is 9.89 Å². The van der Waals surface area contributed by atoms with Crippen LogP contribution in [0.3, 0.4) is 0 Å². The van der Waals surface area contributed by atoms with E-state index < -0.39 is 11.6 Å². The number of piperidine rings is 1. The van der Waals surface area contributed by atoms with Crippen LogP contribution in [0.15, 0.2) is 23.2 Å². The molecule has 4 nitrogen and oxygen atoms in total. The number of halogens is 3. The summed E-state index contributed by atoms with van der Waals surface area (Å²) in [5.74, 6) is 0.548. The van der Waals surface area contributed by atoms with E-state index in [9.17, 15) is 8.78 Å². The Morgan fingerprint density at radius 3 is 2.60 bits per heavy atom. The minimum absolute atomic E-state index is 0. The lowest BCUT2D eigenvalue weighted by atomic mass is 9.98. The lowest BCUT2D eigenvalue weighted by Gasteiger charge is -2.35. The highest BCUT2D eigenvalue weighted by Gasteiger charge is 2.20. The normalized spacial score (nSPS) is 17.7. The van der Waals surface area contributed by atoms with Crippen molar-refractivity contribution in [2.45, 2.75) is 39.3 Å². The fraction of sp³-hybridized carbons (Fsp3) is 0.611. The van der Waals surface area contributed by atoms with Crippen LogP contribution in [0.5, 0.6) is 0 Å². The van der Waals surface area contributed by atoms with Crippen molar-refractivity contribution >= 4 is 29.9 Å². The van der Waals surface area contributed by atoms with Crippen molar-refractivity contribution in [3.8, 4) is 0 Å². The smallest absolute Gasteiger partial charge is 0.191 e. The van der Waals surface area contributed by atoms with Gasteiger partial charge in [0.05, 0.1) is 0 Å². The molecule has 0 radical (unpaired) electrons. The third-order valence-electron chi connectivity index (χ3n) is 4.68. The number of guanidine groups is 1. The molecule has 0 aliphatic carbocycles. The number of likely N-dealkylation sites (tertiary alicyclic amines) is 1. The van der Waals surface area contributed by atoms with Gasteiger partial charge in [-0.05, 0) is 57.0 Å². The molecule has 7 heteroatoms. The number of aliphatic imine (C=N–C) groups is 1. The first kappa shape index (κ1) is 22.1. The minimum Gasteiger partial charge on any atom is -0.355 e. The van der Waals surface area contributed by atoms with Crippen LogP contribution in [0.25, 0.3) is 0 Å². The Morgan fingerprint density at radius 2 is 1.96 bits per heavy atom. The largest absolute Gasteiger partial charge is 0.355 e. The van der Waals surface area contributed by atoms with Gasteiger partial charge in [0, 0.05) is 31.7 Å². The molecule has 1 aliphatic heterocycles. The number of hydrogen-bond acceptors (Lipinski definition) is 2. The van der Waals surface area contributed by atoms with Crippen LogP contribution in [0, 0.1) is 17.6 Å². The van der Waals surface area contributed by atoms with E-state index in [1.54, 1.807) is 7.05 Å². The molecular weight excluding hydrogens is 437 g/mol. The number of nitrogens with one attached hydrogen (secondary N) is 2. The van der Waals surface area contributed by atoms with Gasteiger partial charge in [0.1, 0.15) is 11.6 Å². The summed E-state index contributed by atoms with van der Waals surface area (Å²) in [6.45, 7) is 7.72. The first-order valence-electron chi connectivity index (χ1n) is 8.62. The van der Waals surface area contributed by atoms with Gasteiger partial charge < -0.3 is 10.6 Å². The molecule has 1 fully saturated rings. The quantitative estimate of drug-likeness (QED) is 0.397. The number of hydrogen-bond donors (Lipinski definition) is 2. The van der Waals surface area contributed by atoms with Gasteiger partial charge >= 0.3 is 0 Å². The SMILES string of the molecule is CN=C(NCc1cc(F)ccc1F)NCC(C)N1CCC(C)CC1.I. The van der Waals surface area contributed by atoms with Gasteiger partial charge in [0.15, 0.2) is 5.96 Å². The van der Waals surface area contributed by atoms with E-state index in [2.05, 4.69) is 34.4 Å². The van der Waals surface area contributed by atoms with Gasteiger partial charge in [-0.1, -0.05) is 6.92 Å². The zero-order chi connectivity index (χ0) is 17.5. The van der Waals surface area contributed by atoms with Crippen molar-refractivity contribution < 1.29 is 8.78 Å². The van der Waals surface area contributed by atoms with E-state index in [-0.39, 0.29) is 36.1 Å². The molecule has 0 saturated carbocycles. The van der Waals surface area contributed by atoms with Crippen molar-refractivity contribution in [1.29, 1.82) is 0 Å². The second kappa shape index (κ2) is 10.9. The number of rotatable bonds is 5. The van der Waals surface area contributed by atoms with Crippen LogP contribution >= 0.6 is 24.0 Å².